The fraction of sp³-hybridized carbons (Fsp3) is 0. The fourth-order valence-corrected chi connectivity index (χ4v) is 1.68. The maximum atomic E-state index is 11.3. The molecule has 0 radical (unpaired) electrons. The van der Waals surface area contributed by atoms with Crippen molar-refractivity contribution in [2.75, 3.05) is 5.32 Å². The highest BCUT2D eigenvalue weighted by atomic mass is 16.3. The molecule has 3 rings (SSSR count). The van der Waals surface area contributed by atoms with Gasteiger partial charge in [0.05, 0.1) is 11.9 Å². The number of H-pyrrole nitrogens is 1. The summed E-state index contributed by atoms with van der Waals surface area (Å²) in [6.45, 7) is 0. The number of aromatic hydroxyl groups is 1. The van der Waals surface area contributed by atoms with Gasteiger partial charge in [0.15, 0.2) is 5.82 Å². The first kappa shape index (κ1) is 11.1. The van der Waals surface area contributed by atoms with E-state index >= 15 is 0 Å². The van der Waals surface area contributed by atoms with Gasteiger partial charge < -0.3 is 15.4 Å². The molecule has 1 aromatic carbocycles. The van der Waals surface area contributed by atoms with Crippen LogP contribution in [0.2, 0.25) is 0 Å². The number of aromatic nitrogens is 4. The summed E-state index contributed by atoms with van der Waals surface area (Å²) in [6.07, 6.45) is 2.72. The van der Waals surface area contributed by atoms with E-state index in [4.69, 9.17) is 0 Å². The summed E-state index contributed by atoms with van der Waals surface area (Å²) in [6, 6.07) is 6.73. The molecule has 3 N–H and O–H groups in total. The third-order valence-electron chi connectivity index (χ3n) is 2.57. The number of para-hydroxylation sites is 2. The van der Waals surface area contributed by atoms with Crippen molar-refractivity contribution in [1.29, 1.82) is 0 Å². The van der Waals surface area contributed by atoms with Gasteiger partial charge in [0.25, 0.3) is 0 Å². The summed E-state index contributed by atoms with van der Waals surface area (Å²) in [5, 5.41) is 12.7. The van der Waals surface area contributed by atoms with Crippen LogP contribution < -0.4 is 11.0 Å². The molecule has 0 spiro atoms. The summed E-state index contributed by atoms with van der Waals surface area (Å²) in [5.74, 6) is 0.483. The van der Waals surface area contributed by atoms with Crippen LogP contribution in [0.1, 0.15) is 0 Å². The Hall–Kier alpha value is -2.96. The standard InChI is InChI=1S/C12H9N5O2/c18-9-4-2-1-3-7(9)16-11-10-8(14-6-15-11)5-13-12(19)17-10/h1-6,18H,(H,13,17,19)(H,14,15,16). The molecule has 0 atom stereocenters. The van der Waals surface area contributed by atoms with Gasteiger partial charge in [0.2, 0.25) is 0 Å². The van der Waals surface area contributed by atoms with E-state index in [0.717, 1.165) is 0 Å². The Morgan fingerprint density at radius 2 is 2.00 bits per heavy atom. The average Bonchev–Trinajstić information content (AvgIpc) is 2.42. The van der Waals surface area contributed by atoms with Crippen LogP contribution in [-0.2, 0) is 0 Å². The van der Waals surface area contributed by atoms with Crippen molar-refractivity contribution in [2.45, 2.75) is 0 Å². The number of fused-ring (bicyclic) bond motifs is 1. The second-order valence-corrected chi connectivity index (χ2v) is 3.81. The number of phenols is 1. The predicted molar refractivity (Wildman–Crippen MR) is 69.3 cm³/mol. The lowest BCUT2D eigenvalue weighted by Crippen LogP contribution is -2.10. The number of benzene rings is 1. The molecule has 0 aliphatic rings. The Labute approximate surface area is 107 Å². The molecule has 0 aliphatic heterocycles. The highest BCUT2D eigenvalue weighted by Crippen LogP contribution is 2.26. The minimum Gasteiger partial charge on any atom is -0.506 e. The Morgan fingerprint density at radius 3 is 2.84 bits per heavy atom. The van der Waals surface area contributed by atoms with Crippen molar-refractivity contribution in [3.8, 4) is 5.75 Å². The van der Waals surface area contributed by atoms with Crippen molar-refractivity contribution in [1.82, 2.24) is 19.9 Å². The quantitative estimate of drug-likeness (QED) is 0.594. The first-order valence-electron chi connectivity index (χ1n) is 5.49. The average molecular weight is 255 g/mol. The lowest BCUT2D eigenvalue weighted by molar-refractivity contribution is 0.478. The van der Waals surface area contributed by atoms with Crippen LogP contribution in [0.3, 0.4) is 0 Å². The highest BCUT2D eigenvalue weighted by molar-refractivity contribution is 5.86. The van der Waals surface area contributed by atoms with Crippen molar-refractivity contribution < 1.29 is 5.11 Å². The van der Waals surface area contributed by atoms with Crippen LogP contribution in [0.25, 0.3) is 11.0 Å². The van der Waals surface area contributed by atoms with Crippen LogP contribution in [0.15, 0.2) is 41.6 Å². The number of nitrogens with zero attached hydrogens (tertiary/aromatic N) is 3. The van der Waals surface area contributed by atoms with Crippen LogP contribution in [0.4, 0.5) is 11.5 Å². The first-order chi connectivity index (χ1) is 9.24. The SMILES string of the molecule is O=c1ncc2ncnc(Nc3ccccc3O)c2[nH]1. The van der Waals surface area contributed by atoms with E-state index in [2.05, 4.69) is 25.3 Å². The molecule has 0 aliphatic carbocycles. The topological polar surface area (TPSA) is 104 Å². The van der Waals surface area contributed by atoms with Gasteiger partial charge in [-0.05, 0) is 12.1 Å². The van der Waals surface area contributed by atoms with E-state index in [0.29, 0.717) is 22.5 Å². The largest absolute Gasteiger partial charge is 0.506 e. The molecule has 7 heteroatoms. The van der Waals surface area contributed by atoms with E-state index in [1.165, 1.54) is 12.5 Å². The van der Waals surface area contributed by atoms with Crippen LogP contribution >= 0.6 is 0 Å². The van der Waals surface area contributed by atoms with Gasteiger partial charge in [-0.1, -0.05) is 12.1 Å². The molecule has 7 nitrogen and oxygen atoms in total. The Morgan fingerprint density at radius 1 is 1.16 bits per heavy atom. The van der Waals surface area contributed by atoms with Crippen molar-refractivity contribution in [3.63, 3.8) is 0 Å². The molecular formula is C12H9N5O2. The van der Waals surface area contributed by atoms with Gasteiger partial charge in [-0.2, -0.15) is 4.98 Å². The van der Waals surface area contributed by atoms with Gasteiger partial charge in [0, 0.05) is 0 Å². The van der Waals surface area contributed by atoms with Gasteiger partial charge in [-0.15, -0.1) is 0 Å². The minimum atomic E-state index is -0.484. The van der Waals surface area contributed by atoms with Crippen LogP contribution in [0.5, 0.6) is 5.75 Å². The number of phenolic OH excluding ortho intramolecular Hbond substituents is 1. The minimum absolute atomic E-state index is 0.0886. The molecule has 2 heterocycles. The molecule has 0 unspecified atom stereocenters. The van der Waals surface area contributed by atoms with E-state index < -0.39 is 5.69 Å². The number of hydrogen-bond donors (Lipinski definition) is 3. The predicted octanol–water partition coefficient (Wildman–Crippen LogP) is 1.16. The zero-order valence-electron chi connectivity index (χ0n) is 9.66. The molecule has 0 fully saturated rings. The monoisotopic (exact) mass is 255 g/mol. The van der Waals surface area contributed by atoms with E-state index in [-0.39, 0.29) is 5.75 Å². The lowest BCUT2D eigenvalue weighted by atomic mass is 10.3. The zero-order chi connectivity index (χ0) is 13.2. The molecular weight excluding hydrogens is 246 g/mol. The summed E-state index contributed by atoms with van der Waals surface area (Å²) < 4.78 is 0. The van der Waals surface area contributed by atoms with Gasteiger partial charge in [-0.25, -0.2) is 14.8 Å². The molecule has 2 aromatic heterocycles. The second-order valence-electron chi connectivity index (χ2n) is 3.81. The summed E-state index contributed by atoms with van der Waals surface area (Å²) in [5.41, 5.74) is 0.945. The smallest absolute Gasteiger partial charge is 0.345 e. The molecule has 94 valence electrons. The number of hydrogen-bond acceptors (Lipinski definition) is 6. The van der Waals surface area contributed by atoms with Crippen LogP contribution in [-0.4, -0.2) is 25.0 Å². The van der Waals surface area contributed by atoms with Crippen molar-refractivity contribution >= 4 is 22.5 Å². The molecule has 3 aromatic rings. The van der Waals surface area contributed by atoms with E-state index in [9.17, 15) is 9.90 Å². The number of aromatic amines is 1. The zero-order valence-corrected chi connectivity index (χ0v) is 9.66. The van der Waals surface area contributed by atoms with E-state index in [1.54, 1.807) is 24.3 Å². The molecule has 0 amide bonds. The lowest BCUT2D eigenvalue weighted by Gasteiger charge is -2.08. The maximum Gasteiger partial charge on any atom is 0.345 e. The highest BCUT2D eigenvalue weighted by Gasteiger charge is 2.07. The summed E-state index contributed by atoms with van der Waals surface area (Å²) in [7, 11) is 0. The Kier molecular flexibility index (Phi) is 2.57. The second kappa shape index (κ2) is 4.37. The fourth-order valence-electron chi connectivity index (χ4n) is 1.68. The third kappa shape index (κ3) is 2.08. The summed E-state index contributed by atoms with van der Waals surface area (Å²) >= 11 is 0. The molecule has 19 heavy (non-hydrogen) atoms. The third-order valence-corrected chi connectivity index (χ3v) is 2.57. The first-order valence-corrected chi connectivity index (χ1v) is 5.49. The molecule has 0 bridgehead atoms. The van der Waals surface area contributed by atoms with Crippen LogP contribution in [0, 0.1) is 0 Å². The number of rotatable bonds is 2. The Balaban J connectivity index is 2.13. The maximum absolute atomic E-state index is 11.3. The summed E-state index contributed by atoms with van der Waals surface area (Å²) in [4.78, 5) is 25.5. The van der Waals surface area contributed by atoms with Gasteiger partial charge in [-0.3, -0.25) is 0 Å². The number of nitrogens with one attached hydrogen (secondary N) is 2. The van der Waals surface area contributed by atoms with Crippen molar-refractivity contribution in [2.24, 2.45) is 0 Å². The Bertz CT molecular complexity index is 799. The van der Waals surface area contributed by atoms with E-state index in [1.807, 2.05) is 0 Å². The normalized spacial score (nSPS) is 10.5. The molecule has 0 saturated carbocycles. The van der Waals surface area contributed by atoms with Gasteiger partial charge in [0.1, 0.15) is 23.1 Å². The van der Waals surface area contributed by atoms with Gasteiger partial charge >= 0.3 is 5.69 Å². The number of anilines is 2. The molecule has 0 saturated heterocycles. The van der Waals surface area contributed by atoms with Crippen molar-refractivity contribution in [3.05, 3.63) is 47.3 Å².